The molecule has 7 N–H and O–H groups in total. The minimum absolute atomic E-state index is 0.0260. The molecule has 1 saturated carbocycles. The summed E-state index contributed by atoms with van der Waals surface area (Å²) in [5.74, 6) is -8.96. The molecule has 194 valence electrons. The molecule has 37 heavy (non-hydrogen) atoms. The van der Waals surface area contributed by atoms with Gasteiger partial charge in [-0.3, -0.25) is 19.3 Å². The van der Waals surface area contributed by atoms with Gasteiger partial charge >= 0.3 is 0 Å². The number of fused-ring (bicyclic) bond motifs is 3. The predicted octanol–water partition coefficient (Wildman–Crippen LogP) is 1.22. The lowest BCUT2D eigenvalue weighted by atomic mass is 9.54. The monoisotopic (exact) mass is 526 g/mol. The number of rotatable bonds is 3. The number of aliphatic hydroxyl groups excluding tert-OH is 3. The molecule has 0 aliphatic heterocycles. The highest BCUT2D eigenvalue weighted by molar-refractivity contribution is 7.13. The van der Waals surface area contributed by atoms with E-state index in [1.54, 1.807) is 31.2 Å². The minimum Gasteiger partial charge on any atom is -0.508 e. The fourth-order valence-electron chi connectivity index (χ4n) is 6.25. The molecule has 3 aliphatic carbocycles. The fourth-order valence-corrected chi connectivity index (χ4v) is 7.00. The summed E-state index contributed by atoms with van der Waals surface area (Å²) < 4.78 is 0. The van der Waals surface area contributed by atoms with Gasteiger partial charge in [0.15, 0.2) is 11.4 Å². The molecule has 10 nitrogen and oxygen atoms in total. The number of amides is 1. The van der Waals surface area contributed by atoms with Crippen LogP contribution in [0.4, 0.5) is 0 Å². The number of hydrogen-bond acceptors (Lipinski definition) is 10. The van der Waals surface area contributed by atoms with Gasteiger partial charge in [-0.2, -0.15) is 0 Å². The Balaban J connectivity index is 1.80. The van der Waals surface area contributed by atoms with Crippen molar-refractivity contribution in [3.8, 4) is 16.2 Å². The molecule has 1 heterocycles. The van der Waals surface area contributed by atoms with E-state index in [2.05, 4.69) is 0 Å². The van der Waals surface area contributed by atoms with Gasteiger partial charge < -0.3 is 31.3 Å². The summed E-state index contributed by atoms with van der Waals surface area (Å²) in [7, 11) is 2.93. The van der Waals surface area contributed by atoms with Crippen molar-refractivity contribution in [2.45, 2.75) is 30.6 Å². The molecule has 0 unspecified atom stereocenters. The first-order valence-corrected chi connectivity index (χ1v) is 12.5. The second-order valence-electron chi connectivity index (χ2n) is 9.95. The van der Waals surface area contributed by atoms with Crippen LogP contribution >= 0.6 is 11.3 Å². The third-order valence-corrected chi connectivity index (χ3v) is 8.82. The highest BCUT2D eigenvalue weighted by Gasteiger charge is 2.68. The molecule has 0 bridgehead atoms. The van der Waals surface area contributed by atoms with Gasteiger partial charge in [-0.05, 0) is 43.1 Å². The summed E-state index contributed by atoms with van der Waals surface area (Å²) in [6, 6.07) is 5.57. The molecule has 5 rings (SSSR count). The summed E-state index contributed by atoms with van der Waals surface area (Å²) in [4.78, 5) is 41.3. The minimum atomic E-state index is -2.93. The number of phenols is 1. The number of ketones is 2. The van der Waals surface area contributed by atoms with Crippen molar-refractivity contribution < 1.29 is 39.9 Å². The Morgan fingerprint density at radius 3 is 2.38 bits per heavy atom. The first-order chi connectivity index (χ1) is 17.3. The Bertz CT molecular complexity index is 1430. The van der Waals surface area contributed by atoms with Gasteiger partial charge in [0.25, 0.3) is 5.91 Å². The first kappa shape index (κ1) is 25.2. The number of nitrogens with two attached hydrogens (primary N) is 1. The quantitative estimate of drug-likeness (QED) is 0.320. The van der Waals surface area contributed by atoms with Crippen LogP contribution in [0.3, 0.4) is 0 Å². The van der Waals surface area contributed by atoms with Gasteiger partial charge in [-0.1, -0.05) is 19.1 Å². The van der Waals surface area contributed by atoms with E-state index in [1.807, 2.05) is 5.38 Å². The largest absolute Gasteiger partial charge is 0.508 e. The van der Waals surface area contributed by atoms with Crippen LogP contribution in [0.1, 0.15) is 24.0 Å². The zero-order valence-electron chi connectivity index (χ0n) is 20.2. The van der Waals surface area contributed by atoms with Crippen LogP contribution in [0.25, 0.3) is 16.2 Å². The van der Waals surface area contributed by atoms with Crippen LogP contribution in [0.2, 0.25) is 0 Å². The van der Waals surface area contributed by atoms with E-state index in [0.717, 1.165) is 0 Å². The topological polar surface area (TPSA) is 182 Å². The van der Waals surface area contributed by atoms with Gasteiger partial charge in [0.05, 0.1) is 23.6 Å². The molecular weight excluding hydrogens is 500 g/mol. The zero-order valence-corrected chi connectivity index (χ0v) is 21.0. The number of aliphatic hydroxyl groups is 4. The molecule has 6 atom stereocenters. The normalized spacial score (nSPS) is 31.4. The number of primary amides is 1. The summed E-state index contributed by atoms with van der Waals surface area (Å²) >= 11 is 1.36. The van der Waals surface area contributed by atoms with Gasteiger partial charge in [0, 0.05) is 21.9 Å². The number of carbonyl (C=O) groups excluding carboxylic acids is 3. The number of likely N-dealkylation sites (N-methyl/N-ethyl adjacent to an activating group) is 1. The molecular formula is C26H26N2O8S. The van der Waals surface area contributed by atoms with Crippen LogP contribution < -0.4 is 5.73 Å². The highest BCUT2D eigenvalue weighted by atomic mass is 32.1. The maximum absolute atomic E-state index is 14.0. The van der Waals surface area contributed by atoms with Crippen molar-refractivity contribution in [3.63, 3.8) is 0 Å². The summed E-state index contributed by atoms with van der Waals surface area (Å²) in [6.07, 6.45) is -1.62. The van der Waals surface area contributed by atoms with Gasteiger partial charge in [0.1, 0.15) is 22.8 Å². The van der Waals surface area contributed by atoms with Crippen molar-refractivity contribution in [2.75, 3.05) is 14.1 Å². The zero-order chi connectivity index (χ0) is 27.1. The van der Waals surface area contributed by atoms with E-state index in [-0.39, 0.29) is 11.3 Å². The highest BCUT2D eigenvalue weighted by Crippen LogP contribution is 2.57. The van der Waals surface area contributed by atoms with Crippen molar-refractivity contribution in [1.82, 2.24) is 4.90 Å². The fraction of sp³-hybridized carbons (Fsp3) is 0.346. The molecule has 1 aromatic heterocycles. The lowest BCUT2D eigenvalue weighted by molar-refractivity contribution is -0.169. The van der Waals surface area contributed by atoms with Crippen LogP contribution in [-0.4, -0.2) is 79.7 Å². The summed E-state index contributed by atoms with van der Waals surface area (Å²) in [5.41, 5.74) is 1.90. The van der Waals surface area contributed by atoms with Crippen molar-refractivity contribution in [2.24, 2.45) is 17.6 Å². The van der Waals surface area contributed by atoms with Crippen LogP contribution in [0.5, 0.6) is 5.75 Å². The maximum atomic E-state index is 14.0. The number of hydrogen-bond donors (Lipinski definition) is 6. The number of aromatic hydroxyl groups is 1. The van der Waals surface area contributed by atoms with Gasteiger partial charge in [0.2, 0.25) is 5.78 Å². The molecule has 1 fully saturated rings. The Labute approximate surface area is 215 Å². The molecule has 11 heteroatoms. The average Bonchev–Trinajstić information content (AvgIpc) is 3.35. The molecule has 0 saturated heterocycles. The SMILES string of the molecule is C[C@H]1c2ccc(-c3cccs3)c(O)c2C(O)=C2C(=O)[C@]3(O)C(O)=C(C(N)=O)C(=O)[C@@H](N(C)C)[C@@H]3[C@@H](O)[C@@H]21. The van der Waals surface area contributed by atoms with E-state index in [1.165, 1.54) is 30.3 Å². The predicted molar refractivity (Wildman–Crippen MR) is 134 cm³/mol. The molecule has 1 amide bonds. The number of Topliss-reactive ketones (excluding diaryl/α,β-unsaturated/α-hetero) is 2. The Morgan fingerprint density at radius 2 is 1.81 bits per heavy atom. The lowest BCUT2D eigenvalue weighted by Crippen LogP contribution is -2.70. The number of benzene rings is 1. The molecule has 2 aromatic rings. The summed E-state index contributed by atoms with van der Waals surface area (Å²) in [6.45, 7) is 1.70. The second-order valence-corrected chi connectivity index (χ2v) is 10.9. The van der Waals surface area contributed by atoms with E-state index in [0.29, 0.717) is 16.0 Å². The van der Waals surface area contributed by atoms with Crippen molar-refractivity contribution >= 4 is 34.6 Å². The Morgan fingerprint density at radius 1 is 1.14 bits per heavy atom. The standard InChI is InChI=1S/C26H26N2O8S/c1-9-10-6-7-11(12-5-4-8-37-12)19(29)14(10)20(30)15-13(9)21(31)17-18(28(2)3)22(32)16(25(27)35)24(34)26(17,36)23(15)33/h4-9,13,17-18,21,29-31,34,36H,1-3H3,(H2,27,35)/t9-,13+,17+,18-,21-,26-/m0/s1. The Kier molecular flexibility index (Phi) is 5.61. The summed E-state index contributed by atoms with van der Waals surface area (Å²) in [5, 5.41) is 58.6. The van der Waals surface area contributed by atoms with E-state index < -0.39 is 75.6 Å². The van der Waals surface area contributed by atoms with Gasteiger partial charge in [-0.25, -0.2) is 0 Å². The lowest BCUT2D eigenvalue weighted by Gasteiger charge is -2.53. The number of carbonyl (C=O) groups is 3. The first-order valence-electron chi connectivity index (χ1n) is 11.6. The second kappa shape index (κ2) is 8.25. The smallest absolute Gasteiger partial charge is 0.255 e. The van der Waals surface area contributed by atoms with E-state index in [9.17, 15) is 39.9 Å². The number of thiophene rings is 1. The average molecular weight is 527 g/mol. The maximum Gasteiger partial charge on any atom is 0.255 e. The van der Waals surface area contributed by atoms with Crippen molar-refractivity contribution in [3.05, 3.63) is 57.7 Å². The third kappa shape index (κ3) is 3.11. The Hall–Kier alpha value is -3.51. The third-order valence-electron chi connectivity index (χ3n) is 7.92. The van der Waals surface area contributed by atoms with Crippen LogP contribution in [-0.2, 0) is 14.4 Å². The molecule has 0 spiro atoms. The van der Waals surface area contributed by atoms with Crippen LogP contribution in [0.15, 0.2) is 46.6 Å². The van der Waals surface area contributed by atoms with E-state index in [4.69, 9.17) is 5.73 Å². The van der Waals surface area contributed by atoms with Crippen molar-refractivity contribution in [1.29, 1.82) is 0 Å². The number of nitrogens with zero attached hydrogens (tertiary/aromatic N) is 1. The molecule has 0 radical (unpaired) electrons. The van der Waals surface area contributed by atoms with E-state index >= 15 is 0 Å². The molecule has 1 aromatic carbocycles. The van der Waals surface area contributed by atoms with Crippen LogP contribution in [0, 0.1) is 11.8 Å². The number of phenolic OH excluding ortho intramolecular Hbond substituents is 1. The molecule has 3 aliphatic rings. The van der Waals surface area contributed by atoms with Gasteiger partial charge in [-0.15, -0.1) is 11.3 Å².